The molecule has 2 aromatic rings. The molecule has 0 radical (unpaired) electrons. The molecule has 2 aromatic carbocycles. The Labute approximate surface area is 140 Å². The van der Waals surface area contributed by atoms with Crippen molar-refractivity contribution in [2.45, 2.75) is 18.4 Å². The quantitative estimate of drug-likeness (QED) is 0.855. The Hall–Kier alpha value is -2.82. The molecule has 3 rings (SSSR count). The average molecular weight is 325 g/mol. The molecule has 124 valence electrons. The van der Waals surface area contributed by atoms with Gasteiger partial charge < -0.3 is 15.2 Å². The van der Waals surface area contributed by atoms with Crippen LogP contribution < -0.4 is 10.1 Å². The van der Waals surface area contributed by atoms with Gasteiger partial charge in [0, 0.05) is 7.05 Å². The first-order valence-electron chi connectivity index (χ1n) is 7.80. The smallest absolute Gasteiger partial charge is 0.314 e. The highest BCUT2D eigenvalue weighted by molar-refractivity contribution is 5.97. The SMILES string of the molecule is CNC(=O)C1C[C@@]1(C(=O)O)c1cccc(OCc2ccccc2)c1. The summed E-state index contributed by atoms with van der Waals surface area (Å²) in [7, 11) is 1.52. The highest BCUT2D eigenvalue weighted by Gasteiger charge is 2.65. The van der Waals surface area contributed by atoms with Gasteiger partial charge in [0.2, 0.25) is 5.91 Å². The predicted molar refractivity (Wildman–Crippen MR) is 88.7 cm³/mol. The number of benzene rings is 2. The zero-order chi connectivity index (χ0) is 17.2. The minimum atomic E-state index is -1.15. The lowest BCUT2D eigenvalue weighted by Crippen LogP contribution is -2.30. The van der Waals surface area contributed by atoms with Crippen molar-refractivity contribution >= 4 is 11.9 Å². The lowest BCUT2D eigenvalue weighted by Gasteiger charge is -2.14. The second-order valence-corrected chi connectivity index (χ2v) is 5.95. The minimum absolute atomic E-state index is 0.243. The first-order valence-corrected chi connectivity index (χ1v) is 7.80. The Balaban J connectivity index is 1.80. The molecule has 1 saturated carbocycles. The summed E-state index contributed by atoms with van der Waals surface area (Å²) in [6.07, 6.45) is 0.310. The molecular weight excluding hydrogens is 306 g/mol. The van der Waals surface area contributed by atoms with Crippen LogP contribution in [0.1, 0.15) is 17.5 Å². The van der Waals surface area contributed by atoms with Crippen molar-refractivity contribution in [3.05, 3.63) is 65.7 Å². The van der Waals surface area contributed by atoms with Crippen molar-refractivity contribution in [3.8, 4) is 5.75 Å². The number of carboxylic acids is 1. The number of rotatable bonds is 6. The highest BCUT2D eigenvalue weighted by Crippen LogP contribution is 2.55. The molecule has 0 heterocycles. The molecule has 24 heavy (non-hydrogen) atoms. The van der Waals surface area contributed by atoms with Crippen LogP contribution in [0, 0.1) is 5.92 Å². The van der Waals surface area contributed by atoms with Crippen molar-refractivity contribution in [1.82, 2.24) is 5.32 Å². The van der Waals surface area contributed by atoms with Crippen LogP contribution in [-0.4, -0.2) is 24.0 Å². The van der Waals surface area contributed by atoms with Gasteiger partial charge in [-0.15, -0.1) is 0 Å². The first kappa shape index (κ1) is 16.1. The molecule has 0 bridgehead atoms. The normalized spacial score (nSPS) is 21.8. The monoisotopic (exact) mass is 325 g/mol. The van der Waals surface area contributed by atoms with E-state index in [1.54, 1.807) is 24.3 Å². The summed E-state index contributed by atoms with van der Waals surface area (Å²) in [4.78, 5) is 23.6. The van der Waals surface area contributed by atoms with Crippen LogP contribution >= 0.6 is 0 Å². The second kappa shape index (κ2) is 6.35. The maximum atomic E-state index is 11.9. The van der Waals surface area contributed by atoms with E-state index in [4.69, 9.17) is 4.74 Å². The van der Waals surface area contributed by atoms with E-state index in [1.165, 1.54) is 7.05 Å². The molecule has 5 nitrogen and oxygen atoms in total. The standard InChI is InChI=1S/C19H19NO4/c1-20-17(21)16-11-19(16,18(22)23)14-8-5-9-15(10-14)24-12-13-6-3-2-4-7-13/h2-10,16H,11-12H2,1H3,(H,20,21)(H,22,23)/t16?,19-/m1/s1. The third-order valence-electron chi connectivity index (χ3n) is 4.50. The third kappa shape index (κ3) is 2.85. The van der Waals surface area contributed by atoms with Gasteiger partial charge in [0.05, 0.1) is 5.92 Å². The molecule has 1 fully saturated rings. The molecule has 1 amide bonds. The summed E-state index contributed by atoms with van der Waals surface area (Å²) in [6.45, 7) is 0.406. The number of carbonyl (C=O) groups is 2. The van der Waals surface area contributed by atoms with E-state index < -0.39 is 17.3 Å². The number of hydrogen-bond acceptors (Lipinski definition) is 3. The molecule has 0 spiro atoms. The topological polar surface area (TPSA) is 75.6 Å². The number of nitrogens with one attached hydrogen (secondary N) is 1. The van der Waals surface area contributed by atoms with Gasteiger partial charge >= 0.3 is 5.97 Å². The summed E-state index contributed by atoms with van der Waals surface area (Å²) < 4.78 is 5.76. The second-order valence-electron chi connectivity index (χ2n) is 5.95. The number of hydrogen-bond donors (Lipinski definition) is 2. The van der Waals surface area contributed by atoms with Crippen LogP contribution in [0.4, 0.5) is 0 Å². The van der Waals surface area contributed by atoms with Crippen molar-refractivity contribution in [1.29, 1.82) is 0 Å². The molecule has 1 aliphatic carbocycles. The fourth-order valence-corrected chi connectivity index (χ4v) is 3.04. The Kier molecular flexibility index (Phi) is 4.25. The van der Waals surface area contributed by atoms with Gasteiger partial charge in [-0.3, -0.25) is 9.59 Å². The van der Waals surface area contributed by atoms with Gasteiger partial charge in [-0.1, -0.05) is 42.5 Å². The van der Waals surface area contributed by atoms with E-state index in [-0.39, 0.29) is 5.91 Å². The van der Waals surface area contributed by atoms with Gasteiger partial charge in [-0.05, 0) is 29.7 Å². The van der Waals surface area contributed by atoms with Crippen molar-refractivity contribution in [2.24, 2.45) is 5.92 Å². The molecule has 1 aliphatic rings. The van der Waals surface area contributed by atoms with Gasteiger partial charge in [0.25, 0.3) is 0 Å². The van der Waals surface area contributed by atoms with Gasteiger partial charge in [0.1, 0.15) is 17.8 Å². The maximum Gasteiger partial charge on any atom is 0.314 e. The summed E-state index contributed by atoms with van der Waals surface area (Å²) in [6, 6.07) is 16.8. The van der Waals surface area contributed by atoms with E-state index in [2.05, 4.69) is 5.32 Å². The molecule has 2 N–H and O–H groups in total. The Bertz CT molecular complexity index is 759. The lowest BCUT2D eigenvalue weighted by atomic mass is 9.93. The van der Waals surface area contributed by atoms with Crippen molar-refractivity contribution < 1.29 is 19.4 Å². The molecule has 2 atom stereocenters. The summed E-state index contributed by atoms with van der Waals surface area (Å²) >= 11 is 0. The molecular formula is C19H19NO4. The molecule has 0 aromatic heterocycles. The molecule has 5 heteroatoms. The van der Waals surface area contributed by atoms with Crippen LogP contribution in [0.15, 0.2) is 54.6 Å². The van der Waals surface area contributed by atoms with Crippen LogP contribution in [0.3, 0.4) is 0 Å². The van der Waals surface area contributed by atoms with E-state index >= 15 is 0 Å². The van der Waals surface area contributed by atoms with Crippen molar-refractivity contribution in [2.75, 3.05) is 7.05 Å². The fraction of sp³-hybridized carbons (Fsp3) is 0.263. The van der Waals surface area contributed by atoms with Crippen molar-refractivity contribution in [3.63, 3.8) is 0 Å². The Morgan fingerprint density at radius 1 is 1.21 bits per heavy atom. The van der Waals surface area contributed by atoms with E-state index in [0.29, 0.717) is 24.3 Å². The van der Waals surface area contributed by atoms with Crippen LogP contribution in [0.5, 0.6) is 5.75 Å². The number of aliphatic carboxylic acids is 1. The molecule has 1 unspecified atom stereocenters. The van der Waals surface area contributed by atoms with Crippen LogP contribution in [0.2, 0.25) is 0 Å². The minimum Gasteiger partial charge on any atom is -0.489 e. The van der Waals surface area contributed by atoms with E-state index in [9.17, 15) is 14.7 Å². The summed E-state index contributed by atoms with van der Waals surface area (Å²) in [5, 5.41) is 12.2. The summed E-state index contributed by atoms with van der Waals surface area (Å²) in [5.74, 6) is -1.16. The number of carboxylic acid groups (broad SMARTS) is 1. The van der Waals surface area contributed by atoms with Gasteiger partial charge in [0.15, 0.2) is 0 Å². The maximum absolute atomic E-state index is 11.9. The molecule has 0 saturated heterocycles. The van der Waals surface area contributed by atoms with Gasteiger partial charge in [-0.25, -0.2) is 0 Å². The van der Waals surface area contributed by atoms with Gasteiger partial charge in [-0.2, -0.15) is 0 Å². The zero-order valence-electron chi connectivity index (χ0n) is 13.4. The fourth-order valence-electron chi connectivity index (χ4n) is 3.04. The summed E-state index contributed by atoms with van der Waals surface area (Å²) in [5.41, 5.74) is 0.492. The number of carbonyl (C=O) groups excluding carboxylic acids is 1. The highest BCUT2D eigenvalue weighted by atomic mass is 16.5. The Morgan fingerprint density at radius 3 is 2.62 bits per heavy atom. The third-order valence-corrected chi connectivity index (χ3v) is 4.50. The Morgan fingerprint density at radius 2 is 1.96 bits per heavy atom. The average Bonchev–Trinajstić information content (AvgIpc) is 3.38. The molecule has 0 aliphatic heterocycles. The van der Waals surface area contributed by atoms with Crippen LogP contribution in [0.25, 0.3) is 0 Å². The lowest BCUT2D eigenvalue weighted by molar-refractivity contribution is -0.141. The number of amides is 1. The predicted octanol–water partition coefficient (Wildman–Crippen LogP) is 2.35. The van der Waals surface area contributed by atoms with Crippen LogP contribution in [-0.2, 0) is 21.6 Å². The first-order chi connectivity index (χ1) is 11.6. The number of ether oxygens (including phenoxy) is 1. The van der Waals surface area contributed by atoms with E-state index in [0.717, 1.165) is 5.56 Å². The van der Waals surface area contributed by atoms with E-state index in [1.807, 2.05) is 30.3 Å². The largest absolute Gasteiger partial charge is 0.489 e. The zero-order valence-corrected chi connectivity index (χ0v) is 13.4.